The van der Waals surface area contributed by atoms with Gasteiger partial charge in [0.2, 0.25) is 0 Å². The summed E-state index contributed by atoms with van der Waals surface area (Å²) >= 11 is 0. The lowest BCUT2D eigenvalue weighted by molar-refractivity contribution is 0.0249. The second-order valence-corrected chi connectivity index (χ2v) is 6.10. The van der Waals surface area contributed by atoms with E-state index in [-0.39, 0.29) is 12.1 Å². The van der Waals surface area contributed by atoms with Gasteiger partial charge in [0.1, 0.15) is 11.9 Å². The summed E-state index contributed by atoms with van der Waals surface area (Å²) in [5.41, 5.74) is 0.597. The molecule has 0 aliphatic rings. The molecule has 1 aromatic carbocycles. The molecule has 130 valence electrons. The average molecular weight is 320 g/mol. The minimum Gasteiger partial charge on any atom is -0.497 e. The lowest BCUT2D eigenvalue weighted by atomic mass is 10.0. The van der Waals surface area contributed by atoms with Gasteiger partial charge in [-0.1, -0.05) is 46.0 Å². The standard InChI is InChI=1S/C20H32O3/c1-4-6-8-10-12-19(11-9-7-5-2)23-20(21)17-13-15-18(22-3)16-14-17/h13-16,19H,4-12H2,1-3H3. The van der Waals surface area contributed by atoms with Crippen LogP contribution in [-0.2, 0) is 4.74 Å². The molecule has 0 N–H and O–H groups in total. The highest BCUT2D eigenvalue weighted by Crippen LogP contribution is 2.18. The lowest BCUT2D eigenvalue weighted by Gasteiger charge is -2.18. The Balaban J connectivity index is 2.52. The van der Waals surface area contributed by atoms with E-state index in [1.807, 2.05) is 0 Å². The van der Waals surface area contributed by atoms with Crippen LogP contribution in [0.15, 0.2) is 24.3 Å². The smallest absolute Gasteiger partial charge is 0.338 e. The molecular weight excluding hydrogens is 288 g/mol. The summed E-state index contributed by atoms with van der Waals surface area (Å²) in [6.45, 7) is 4.40. The molecule has 3 nitrogen and oxygen atoms in total. The van der Waals surface area contributed by atoms with Gasteiger partial charge in [0.25, 0.3) is 0 Å². The molecule has 0 saturated heterocycles. The van der Waals surface area contributed by atoms with E-state index in [1.165, 1.54) is 32.1 Å². The minimum absolute atomic E-state index is 0.0491. The molecule has 23 heavy (non-hydrogen) atoms. The minimum atomic E-state index is -0.218. The molecule has 0 amide bonds. The Labute approximate surface area is 141 Å². The van der Waals surface area contributed by atoms with Crippen LogP contribution in [0.25, 0.3) is 0 Å². The third-order valence-electron chi connectivity index (χ3n) is 4.11. The van der Waals surface area contributed by atoms with Gasteiger partial charge in [0.15, 0.2) is 0 Å². The molecule has 3 heteroatoms. The molecule has 1 atom stereocenters. The average Bonchev–Trinajstić information content (AvgIpc) is 2.58. The fourth-order valence-electron chi connectivity index (χ4n) is 2.63. The third kappa shape index (κ3) is 8.06. The largest absolute Gasteiger partial charge is 0.497 e. The molecule has 1 rings (SSSR count). The summed E-state index contributed by atoms with van der Waals surface area (Å²) in [4.78, 5) is 12.3. The van der Waals surface area contributed by atoms with Gasteiger partial charge in [-0.25, -0.2) is 4.79 Å². The lowest BCUT2D eigenvalue weighted by Crippen LogP contribution is -2.18. The van der Waals surface area contributed by atoms with Gasteiger partial charge in [0.05, 0.1) is 12.7 Å². The van der Waals surface area contributed by atoms with Crippen LogP contribution < -0.4 is 4.74 Å². The van der Waals surface area contributed by atoms with Gasteiger partial charge in [-0.2, -0.15) is 0 Å². The van der Waals surface area contributed by atoms with Crippen molar-refractivity contribution in [2.24, 2.45) is 0 Å². The first-order chi connectivity index (χ1) is 11.2. The van der Waals surface area contributed by atoms with Crippen molar-refractivity contribution >= 4 is 5.97 Å². The number of esters is 1. The Kier molecular flexibility index (Phi) is 10.2. The molecule has 1 unspecified atom stereocenters. The van der Waals surface area contributed by atoms with Gasteiger partial charge < -0.3 is 9.47 Å². The van der Waals surface area contributed by atoms with Crippen molar-refractivity contribution in [2.45, 2.75) is 77.7 Å². The van der Waals surface area contributed by atoms with Crippen LogP contribution in [0.5, 0.6) is 5.75 Å². The fraction of sp³-hybridized carbons (Fsp3) is 0.650. The molecular formula is C20H32O3. The van der Waals surface area contributed by atoms with Crippen molar-refractivity contribution in [2.75, 3.05) is 7.11 Å². The van der Waals surface area contributed by atoms with E-state index in [9.17, 15) is 4.79 Å². The van der Waals surface area contributed by atoms with Crippen molar-refractivity contribution in [3.05, 3.63) is 29.8 Å². The molecule has 1 aromatic rings. The molecule has 0 aliphatic carbocycles. The summed E-state index contributed by atoms with van der Waals surface area (Å²) < 4.78 is 10.9. The molecule has 0 heterocycles. The first-order valence-electron chi connectivity index (χ1n) is 9.06. The van der Waals surface area contributed by atoms with Crippen LogP contribution in [0.2, 0.25) is 0 Å². The maximum atomic E-state index is 12.3. The number of carbonyl (C=O) groups is 1. The zero-order valence-corrected chi connectivity index (χ0v) is 15.0. The van der Waals surface area contributed by atoms with E-state index < -0.39 is 0 Å². The van der Waals surface area contributed by atoms with Gasteiger partial charge in [0, 0.05) is 0 Å². The first kappa shape index (κ1) is 19.5. The van der Waals surface area contributed by atoms with Gasteiger partial charge in [-0.3, -0.25) is 0 Å². The van der Waals surface area contributed by atoms with Crippen molar-refractivity contribution in [1.29, 1.82) is 0 Å². The Hall–Kier alpha value is -1.51. The number of benzene rings is 1. The normalized spacial score (nSPS) is 12.0. The van der Waals surface area contributed by atoms with Gasteiger partial charge in [-0.15, -0.1) is 0 Å². The number of carbonyl (C=O) groups excluding carboxylic acids is 1. The Bertz CT molecular complexity index is 425. The summed E-state index contributed by atoms with van der Waals surface area (Å²) in [6, 6.07) is 7.12. The van der Waals surface area contributed by atoms with Crippen LogP contribution in [0, 0.1) is 0 Å². The highest BCUT2D eigenvalue weighted by atomic mass is 16.5. The number of hydrogen-bond acceptors (Lipinski definition) is 3. The summed E-state index contributed by atoms with van der Waals surface area (Å²) in [6.07, 6.45) is 10.4. The first-order valence-corrected chi connectivity index (χ1v) is 9.06. The second-order valence-electron chi connectivity index (χ2n) is 6.10. The summed E-state index contributed by atoms with van der Waals surface area (Å²) in [5, 5.41) is 0. The number of hydrogen-bond donors (Lipinski definition) is 0. The molecule has 0 aromatic heterocycles. The predicted molar refractivity (Wildman–Crippen MR) is 95.1 cm³/mol. The van der Waals surface area contributed by atoms with E-state index in [1.54, 1.807) is 31.4 Å². The maximum Gasteiger partial charge on any atom is 0.338 e. The quantitative estimate of drug-likeness (QED) is 0.362. The van der Waals surface area contributed by atoms with Crippen LogP contribution in [-0.4, -0.2) is 19.2 Å². The SMILES string of the molecule is CCCCCCC(CCCCC)OC(=O)c1ccc(OC)cc1. The van der Waals surface area contributed by atoms with Crippen LogP contribution >= 0.6 is 0 Å². The molecule has 0 fully saturated rings. The number of unbranched alkanes of at least 4 members (excludes halogenated alkanes) is 5. The zero-order valence-electron chi connectivity index (χ0n) is 15.0. The van der Waals surface area contributed by atoms with Gasteiger partial charge in [-0.05, 0) is 49.9 Å². The van der Waals surface area contributed by atoms with Crippen molar-refractivity contribution in [3.8, 4) is 5.75 Å². The van der Waals surface area contributed by atoms with Crippen LogP contribution in [0.4, 0.5) is 0 Å². The second kappa shape index (κ2) is 12.0. The van der Waals surface area contributed by atoms with E-state index in [2.05, 4.69) is 13.8 Å². The monoisotopic (exact) mass is 320 g/mol. The van der Waals surface area contributed by atoms with E-state index >= 15 is 0 Å². The van der Waals surface area contributed by atoms with Crippen LogP contribution in [0.3, 0.4) is 0 Å². The third-order valence-corrected chi connectivity index (χ3v) is 4.11. The predicted octanol–water partition coefficient (Wildman–Crippen LogP) is 5.77. The summed E-state index contributed by atoms with van der Waals surface area (Å²) in [7, 11) is 1.62. The number of methoxy groups -OCH3 is 1. The Morgan fingerprint density at radius 2 is 1.48 bits per heavy atom. The number of ether oxygens (including phenoxy) is 2. The topological polar surface area (TPSA) is 35.5 Å². The van der Waals surface area contributed by atoms with Crippen molar-refractivity contribution in [3.63, 3.8) is 0 Å². The molecule has 0 radical (unpaired) electrons. The fourth-order valence-corrected chi connectivity index (χ4v) is 2.63. The zero-order chi connectivity index (χ0) is 16.9. The molecule has 0 aliphatic heterocycles. The van der Waals surface area contributed by atoms with E-state index in [0.29, 0.717) is 5.56 Å². The maximum absolute atomic E-state index is 12.3. The Morgan fingerprint density at radius 3 is 2.04 bits per heavy atom. The van der Waals surface area contributed by atoms with Gasteiger partial charge >= 0.3 is 5.97 Å². The summed E-state index contributed by atoms with van der Waals surface area (Å²) in [5.74, 6) is 0.533. The van der Waals surface area contributed by atoms with Crippen molar-refractivity contribution < 1.29 is 14.3 Å². The number of rotatable bonds is 12. The van der Waals surface area contributed by atoms with Crippen LogP contribution in [0.1, 0.15) is 82.0 Å². The highest BCUT2D eigenvalue weighted by Gasteiger charge is 2.15. The van der Waals surface area contributed by atoms with E-state index in [0.717, 1.165) is 31.4 Å². The molecule has 0 spiro atoms. The molecule has 0 saturated carbocycles. The molecule has 0 bridgehead atoms. The van der Waals surface area contributed by atoms with Crippen molar-refractivity contribution in [1.82, 2.24) is 0 Å². The Morgan fingerprint density at radius 1 is 0.913 bits per heavy atom. The highest BCUT2D eigenvalue weighted by molar-refractivity contribution is 5.89. The van der Waals surface area contributed by atoms with E-state index in [4.69, 9.17) is 9.47 Å².